The molecule has 1 heterocycles. The molecule has 0 bridgehead atoms. The van der Waals surface area contributed by atoms with Crippen molar-refractivity contribution in [3.05, 3.63) is 0 Å². The van der Waals surface area contributed by atoms with E-state index < -0.39 is 42.6 Å². The summed E-state index contributed by atoms with van der Waals surface area (Å²) in [6, 6.07) is 0. The van der Waals surface area contributed by atoms with Gasteiger partial charge in [-0.1, -0.05) is 0 Å². The summed E-state index contributed by atoms with van der Waals surface area (Å²) in [5.74, 6) is -1.49. The van der Waals surface area contributed by atoms with E-state index >= 15 is 0 Å². The van der Waals surface area contributed by atoms with Crippen LogP contribution in [0.3, 0.4) is 0 Å². The molecule has 5 atom stereocenters. The fourth-order valence-corrected chi connectivity index (χ4v) is 2.46. The smallest absolute Gasteiger partial charge is 0.406 e. The maximum absolute atomic E-state index is 11.4. The Morgan fingerprint density at radius 1 is 1.26 bits per heavy atom. The van der Waals surface area contributed by atoms with E-state index in [1.165, 1.54) is 28.0 Å². The van der Waals surface area contributed by atoms with Gasteiger partial charge in [-0.05, 0) is 6.92 Å². The van der Waals surface area contributed by atoms with Gasteiger partial charge in [-0.2, -0.15) is 0 Å². The van der Waals surface area contributed by atoms with Crippen molar-refractivity contribution in [2.75, 3.05) is 20.8 Å². The summed E-state index contributed by atoms with van der Waals surface area (Å²) >= 11 is 0. The molecule has 9 nitrogen and oxygen atoms in total. The van der Waals surface area contributed by atoms with Crippen LogP contribution < -0.4 is 5.32 Å². The Bertz CT molecular complexity index is 440. The second-order valence-electron chi connectivity index (χ2n) is 5.26. The third kappa shape index (κ3) is 5.45. The standard InChI is InChI=1S/C14H23NO8/c1-7(16)5-9-11(18)12(22-8(2)17)10(23-13(9)20-4)6-21-14(19)15-3/h9-13,18H,5-6H2,1-4H3,(H,15,19). The Morgan fingerprint density at radius 2 is 1.91 bits per heavy atom. The van der Waals surface area contributed by atoms with E-state index in [1.54, 1.807) is 0 Å². The molecule has 132 valence electrons. The molecule has 0 aromatic rings. The lowest BCUT2D eigenvalue weighted by molar-refractivity contribution is -0.281. The van der Waals surface area contributed by atoms with E-state index in [0.29, 0.717) is 0 Å². The lowest BCUT2D eigenvalue weighted by atomic mass is 9.87. The van der Waals surface area contributed by atoms with Gasteiger partial charge in [0.05, 0.1) is 0 Å². The molecule has 1 amide bonds. The van der Waals surface area contributed by atoms with Gasteiger partial charge in [0, 0.05) is 33.4 Å². The third-order valence-corrected chi connectivity index (χ3v) is 3.44. The molecule has 1 aliphatic heterocycles. The first-order valence-corrected chi connectivity index (χ1v) is 7.17. The van der Waals surface area contributed by atoms with Crippen molar-refractivity contribution in [3.8, 4) is 0 Å². The van der Waals surface area contributed by atoms with Crippen LogP contribution >= 0.6 is 0 Å². The Hall–Kier alpha value is -1.71. The van der Waals surface area contributed by atoms with Gasteiger partial charge in [0.1, 0.15) is 24.6 Å². The molecule has 1 aliphatic rings. The molecule has 1 fully saturated rings. The molecule has 0 saturated carbocycles. The lowest BCUT2D eigenvalue weighted by Gasteiger charge is -2.43. The summed E-state index contributed by atoms with van der Waals surface area (Å²) in [6.07, 6.45) is -4.77. The summed E-state index contributed by atoms with van der Waals surface area (Å²) in [5.41, 5.74) is 0. The molecule has 23 heavy (non-hydrogen) atoms. The van der Waals surface area contributed by atoms with Gasteiger partial charge in [-0.25, -0.2) is 4.79 Å². The highest BCUT2D eigenvalue weighted by Crippen LogP contribution is 2.31. The maximum Gasteiger partial charge on any atom is 0.406 e. The van der Waals surface area contributed by atoms with Crippen molar-refractivity contribution in [1.29, 1.82) is 0 Å². The molecule has 0 aromatic carbocycles. The molecule has 9 heteroatoms. The fraction of sp³-hybridized carbons (Fsp3) is 0.786. The van der Waals surface area contributed by atoms with Crippen LogP contribution in [0.25, 0.3) is 0 Å². The topological polar surface area (TPSA) is 120 Å². The Morgan fingerprint density at radius 3 is 2.39 bits per heavy atom. The first kappa shape index (κ1) is 19.3. The van der Waals surface area contributed by atoms with Gasteiger partial charge < -0.3 is 34.2 Å². The Kier molecular flexibility index (Phi) is 7.40. The maximum atomic E-state index is 11.4. The van der Waals surface area contributed by atoms with Crippen LogP contribution in [0.1, 0.15) is 20.3 Å². The van der Waals surface area contributed by atoms with Crippen LogP contribution in [-0.2, 0) is 28.5 Å². The van der Waals surface area contributed by atoms with Crippen LogP contribution in [0.4, 0.5) is 4.79 Å². The summed E-state index contributed by atoms with van der Waals surface area (Å²) < 4.78 is 20.8. The Balaban J connectivity index is 2.92. The van der Waals surface area contributed by atoms with Gasteiger partial charge in [0.15, 0.2) is 12.4 Å². The highest BCUT2D eigenvalue weighted by molar-refractivity contribution is 5.75. The average molecular weight is 333 g/mol. The average Bonchev–Trinajstić information content (AvgIpc) is 2.49. The minimum Gasteiger partial charge on any atom is -0.457 e. The third-order valence-electron chi connectivity index (χ3n) is 3.44. The number of alkyl carbamates (subject to hydrolysis) is 1. The van der Waals surface area contributed by atoms with E-state index in [-0.39, 0.29) is 18.8 Å². The molecule has 0 radical (unpaired) electrons. The molecule has 0 aromatic heterocycles. The summed E-state index contributed by atoms with van der Waals surface area (Å²) in [7, 11) is 2.76. The number of Topliss-reactive ketones (excluding diaryl/α,β-unsaturated/α-hetero) is 1. The van der Waals surface area contributed by atoms with Gasteiger partial charge in [0.2, 0.25) is 0 Å². The summed E-state index contributed by atoms with van der Waals surface area (Å²) in [6.45, 7) is 2.31. The number of carbonyl (C=O) groups is 3. The van der Waals surface area contributed by atoms with E-state index in [4.69, 9.17) is 18.9 Å². The fourth-order valence-electron chi connectivity index (χ4n) is 2.46. The number of rotatable bonds is 6. The van der Waals surface area contributed by atoms with Crippen molar-refractivity contribution in [1.82, 2.24) is 5.32 Å². The minimum absolute atomic E-state index is 0.000458. The number of methoxy groups -OCH3 is 1. The lowest BCUT2D eigenvalue weighted by Crippen LogP contribution is -2.58. The quantitative estimate of drug-likeness (QED) is 0.630. The van der Waals surface area contributed by atoms with Gasteiger partial charge in [-0.15, -0.1) is 0 Å². The molecule has 0 aliphatic carbocycles. The molecule has 2 N–H and O–H groups in total. The van der Waals surface area contributed by atoms with Crippen molar-refractivity contribution < 1.29 is 38.4 Å². The first-order valence-electron chi connectivity index (χ1n) is 7.17. The van der Waals surface area contributed by atoms with Crippen LogP contribution in [0.15, 0.2) is 0 Å². The number of nitrogens with one attached hydrogen (secondary N) is 1. The molecule has 1 rings (SSSR count). The van der Waals surface area contributed by atoms with E-state index in [2.05, 4.69) is 5.32 Å². The zero-order chi connectivity index (χ0) is 17.6. The molecule has 0 spiro atoms. The predicted molar refractivity (Wildman–Crippen MR) is 76.4 cm³/mol. The number of amides is 1. The van der Waals surface area contributed by atoms with E-state index in [1.807, 2.05) is 0 Å². The number of ether oxygens (including phenoxy) is 4. The largest absolute Gasteiger partial charge is 0.457 e. The number of hydrogen-bond donors (Lipinski definition) is 2. The Labute approximate surface area is 134 Å². The highest BCUT2D eigenvalue weighted by atomic mass is 16.7. The zero-order valence-electron chi connectivity index (χ0n) is 13.6. The summed E-state index contributed by atoms with van der Waals surface area (Å²) in [5, 5.41) is 12.7. The molecule has 1 saturated heterocycles. The number of aliphatic hydroxyl groups is 1. The SMILES string of the molecule is CNC(=O)OCC1OC(OC)C(CC(C)=O)C(O)C1OC(C)=O. The van der Waals surface area contributed by atoms with Gasteiger partial charge in [0.25, 0.3) is 0 Å². The number of esters is 1. The zero-order valence-corrected chi connectivity index (χ0v) is 13.6. The second kappa shape index (κ2) is 8.80. The van der Waals surface area contributed by atoms with Crippen molar-refractivity contribution in [2.45, 2.75) is 44.9 Å². The number of aliphatic hydroxyl groups excluding tert-OH is 1. The number of hydrogen-bond acceptors (Lipinski definition) is 8. The monoisotopic (exact) mass is 333 g/mol. The molecular formula is C14H23NO8. The van der Waals surface area contributed by atoms with Crippen LogP contribution in [0, 0.1) is 5.92 Å². The van der Waals surface area contributed by atoms with Crippen molar-refractivity contribution in [2.24, 2.45) is 5.92 Å². The van der Waals surface area contributed by atoms with Gasteiger partial charge >= 0.3 is 12.1 Å². The molecule has 5 unspecified atom stereocenters. The van der Waals surface area contributed by atoms with Gasteiger partial charge in [-0.3, -0.25) is 4.79 Å². The summed E-state index contributed by atoms with van der Waals surface area (Å²) in [4.78, 5) is 33.8. The first-order chi connectivity index (χ1) is 10.8. The normalized spacial score (nSPS) is 30.4. The number of ketones is 1. The van der Waals surface area contributed by atoms with E-state index in [0.717, 1.165) is 0 Å². The minimum atomic E-state index is -1.19. The molecular weight excluding hydrogens is 310 g/mol. The highest BCUT2D eigenvalue weighted by Gasteiger charge is 2.48. The van der Waals surface area contributed by atoms with E-state index in [9.17, 15) is 19.5 Å². The van der Waals surface area contributed by atoms with Crippen molar-refractivity contribution >= 4 is 17.8 Å². The second-order valence-corrected chi connectivity index (χ2v) is 5.26. The van der Waals surface area contributed by atoms with Crippen LogP contribution in [0.5, 0.6) is 0 Å². The van der Waals surface area contributed by atoms with Crippen LogP contribution in [0.2, 0.25) is 0 Å². The van der Waals surface area contributed by atoms with Crippen molar-refractivity contribution in [3.63, 3.8) is 0 Å². The predicted octanol–water partition coefficient (Wildman–Crippen LogP) is -0.398. The van der Waals surface area contributed by atoms with Crippen LogP contribution in [-0.4, -0.2) is 68.3 Å². The number of carbonyl (C=O) groups excluding carboxylic acids is 3.